The second kappa shape index (κ2) is 15.2. The van der Waals surface area contributed by atoms with Gasteiger partial charge in [-0.25, -0.2) is 4.79 Å². The fourth-order valence-electron chi connectivity index (χ4n) is 4.29. The zero-order valence-electron chi connectivity index (χ0n) is 22.8. The normalized spacial score (nSPS) is 15.3. The van der Waals surface area contributed by atoms with E-state index in [-0.39, 0.29) is 25.2 Å². The Hall–Kier alpha value is -3.48. The van der Waals surface area contributed by atoms with Crippen LogP contribution in [0.1, 0.15) is 52.0 Å². The Morgan fingerprint density at radius 3 is 2.21 bits per heavy atom. The van der Waals surface area contributed by atoms with Gasteiger partial charge in [0.1, 0.15) is 12.1 Å². The number of nitrogens with two attached hydrogens (primary N) is 2. The van der Waals surface area contributed by atoms with Crippen molar-refractivity contribution in [3.63, 3.8) is 0 Å². The predicted molar refractivity (Wildman–Crippen MR) is 147 cm³/mol. The van der Waals surface area contributed by atoms with Gasteiger partial charge in [-0.15, -0.1) is 0 Å². The number of carbonyl (C=O) groups excluding carboxylic acids is 3. The zero-order chi connectivity index (χ0) is 29.1. The van der Waals surface area contributed by atoms with Gasteiger partial charge >= 0.3 is 5.97 Å². The minimum absolute atomic E-state index is 0.0224. The second-order valence-electron chi connectivity index (χ2n) is 10.3. The summed E-state index contributed by atoms with van der Waals surface area (Å²) in [5.41, 5.74) is 13.6. The number of aliphatic hydroxyl groups is 1. The number of amides is 3. The molecule has 5 atom stereocenters. The molecule has 0 fully saturated rings. The van der Waals surface area contributed by atoms with Crippen LogP contribution in [0.15, 0.2) is 30.5 Å². The van der Waals surface area contributed by atoms with E-state index in [1.807, 2.05) is 38.1 Å². The number of nitrogens with one attached hydrogen (secondary N) is 4. The van der Waals surface area contributed by atoms with Crippen molar-refractivity contribution in [2.75, 3.05) is 6.54 Å². The summed E-state index contributed by atoms with van der Waals surface area (Å²) in [6.45, 7) is 5.36. The maximum atomic E-state index is 13.3. The van der Waals surface area contributed by atoms with E-state index in [1.165, 1.54) is 6.92 Å². The van der Waals surface area contributed by atoms with Crippen molar-refractivity contribution in [3.8, 4) is 0 Å². The molecule has 0 saturated heterocycles. The van der Waals surface area contributed by atoms with Crippen molar-refractivity contribution in [2.24, 2.45) is 17.4 Å². The van der Waals surface area contributed by atoms with Crippen LogP contribution in [0.5, 0.6) is 0 Å². The average molecular weight is 547 g/mol. The van der Waals surface area contributed by atoms with Crippen molar-refractivity contribution < 1.29 is 29.4 Å². The van der Waals surface area contributed by atoms with Crippen molar-refractivity contribution in [1.82, 2.24) is 20.9 Å². The van der Waals surface area contributed by atoms with E-state index in [9.17, 15) is 29.4 Å². The third-order valence-electron chi connectivity index (χ3n) is 6.42. The molecule has 0 aliphatic heterocycles. The first kappa shape index (κ1) is 31.7. The summed E-state index contributed by atoms with van der Waals surface area (Å²) in [5.74, 6) is -3.27. The SMILES string of the molecule is CC(C)CC(NC(=O)C(CCCCN)NC(=O)C(N)Cc1c[nH]c2ccccc12)C(=O)NC(C(=O)O)C(C)O. The molecular weight excluding hydrogens is 504 g/mol. The van der Waals surface area contributed by atoms with E-state index in [0.29, 0.717) is 19.4 Å². The number of rotatable bonds is 16. The molecule has 12 nitrogen and oxygen atoms in total. The Morgan fingerprint density at radius 2 is 1.59 bits per heavy atom. The predicted octanol–water partition coefficient (Wildman–Crippen LogP) is 0.133. The highest BCUT2D eigenvalue weighted by Crippen LogP contribution is 2.19. The number of carboxylic acids is 1. The van der Waals surface area contributed by atoms with Gasteiger partial charge in [0.2, 0.25) is 17.7 Å². The first-order valence-electron chi connectivity index (χ1n) is 13.3. The van der Waals surface area contributed by atoms with Crippen LogP contribution in [-0.4, -0.2) is 75.7 Å². The monoisotopic (exact) mass is 546 g/mol. The number of unbranched alkanes of at least 4 members (excludes halogenated alkanes) is 1. The Labute approximate surface area is 228 Å². The Kier molecular flexibility index (Phi) is 12.4. The average Bonchev–Trinajstić information content (AvgIpc) is 3.28. The largest absolute Gasteiger partial charge is 0.480 e. The first-order valence-corrected chi connectivity index (χ1v) is 13.3. The molecule has 0 radical (unpaired) electrons. The molecule has 10 N–H and O–H groups in total. The summed E-state index contributed by atoms with van der Waals surface area (Å²) in [4.78, 5) is 53.8. The molecule has 216 valence electrons. The Balaban J connectivity index is 2.14. The number of benzene rings is 1. The Morgan fingerprint density at radius 1 is 0.949 bits per heavy atom. The molecule has 3 amide bonds. The van der Waals surface area contributed by atoms with E-state index in [1.54, 1.807) is 6.20 Å². The minimum atomic E-state index is -1.54. The van der Waals surface area contributed by atoms with E-state index in [4.69, 9.17) is 11.5 Å². The number of aromatic nitrogens is 1. The lowest BCUT2D eigenvalue weighted by atomic mass is 10.0. The molecule has 2 rings (SSSR count). The van der Waals surface area contributed by atoms with E-state index in [2.05, 4.69) is 20.9 Å². The van der Waals surface area contributed by atoms with Gasteiger partial charge in [0.15, 0.2) is 6.04 Å². The van der Waals surface area contributed by atoms with Crippen LogP contribution >= 0.6 is 0 Å². The van der Waals surface area contributed by atoms with Gasteiger partial charge in [-0.2, -0.15) is 0 Å². The molecule has 1 aromatic heterocycles. The van der Waals surface area contributed by atoms with E-state index >= 15 is 0 Å². The number of carboxylic acid groups (broad SMARTS) is 1. The zero-order valence-corrected chi connectivity index (χ0v) is 22.8. The van der Waals surface area contributed by atoms with Crippen molar-refractivity contribution in [3.05, 3.63) is 36.0 Å². The first-order chi connectivity index (χ1) is 18.4. The van der Waals surface area contributed by atoms with Gasteiger partial charge < -0.3 is 42.6 Å². The topological polar surface area (TPSA) is 213 Å². The van der Waals surface area contributed by atoms with Crippen LogP contribution in [0, 0.1) is 5.92 Å². The van der Waals surface area contributed by atoms with Gasteiger partial charge in [0.25, 0.3) is 0 Å². The molecule has 39 heavy (non-hydrogen) atoms. The number of aliphatic hydroxyl groups excluding tert-OH is 1. The highest BCUT2D eigenvalue weighted by Gasteiger charge is 2.32. The van der Waals surface area contributed by atoms with Crippen LogP contribution in [0.3, 0.4) is 0 Å². The smallest absolute Gasteiger partial charge is 0.328 e. The molecule has 5 unspecified atom stereocenters. The van der Waals surface area contributed by atoms with Gasteiger partial charge in [0, 0.05) is 17.1 Å². The number of hydrogen-bond donors (Lipinski definition) is 8. The number of para-hydroxylation sites is 1. The van der Waals surface area contributed by atoms with Crippen LogP contribution in [0.4, 0.5) is 0 Å². The summed E-state index contributed by atoms with van der Waals surface area (Å²) in [6, 6.07) is 3.13. The van der Waals surface area contributed by atoms with E-state index in [0.717, 1.165) is 16.5 Å². The van der Waals surface area contributed by atoms with Gasteiger partial charge in [-0.05, 0) is 63.1 Å². The van der Waals surface area contributed by atoms with Crippen LogP contribution in [0.25, 0.3) is 10.9 Å². The summed E-state index contributed by atoms with van der Waals surface area (Å²) in [5, 5.41) is 27.7. The van der Waals surface area contributed by atoms with Crippen LogP contribution in [-0.2, 0) is 25.6 Å². The number of fused-ring (bicyclic) bond motifs is 1. The molecule has 0 aliphatic carbocycles. The summed E-state index contributed by atoms with van der Waals surface area (Å²) >= 11 is 0. The quantitative estimate of drug-likeness (QED) is 0.135. The molecule has 0 spiro atoms. The number of H-pyrrole nitrogens is 1. The molecular formula is C27H42N6O6. The highest BCUT2D eigenvalue weighted by molar-refractivity contribution is 5.94. The van der Waals surface area contributed by atoms with Crippen LogP contribution < -0.4 is 27.4 Å². The summed E-state index contributed by atoms with van der Waals surface area (Å²) < 4.78 is 0. The molecule has 12 heteroatoms. The summed E-state index contributed by atoms with van der Waals surface area (Å²) in [7, 11) is 0. The molecule has 1 aromatic carbocycles. The number of hydrogen-bond acceptors (Lipinski definition) is 7. The fraction of sp³-hybridized carbons (Fsp3) is 0.556. The lowest BCUT2D eigenvalue weighted by Crippen LogP contribution is -2.58. The van der Waals surface area contributed by atoms with Crippen LogP contribution in [0.2, 0.25) is 0 Å². The molecule has 0 saturated carbocycles. The lowest BCUT2D eigenvalue weighted by Gasteiger charge is -2.26. The maximum Gasteiger partial charge on any atom is 0.328 e. The third-order valence-corrected chi connectivity index (χ3v) is 6.42. The third kappa shape index (κ3) is 9.65. The van der Waals surface area contributed by atoms with Gasteiger partial charge in [-0.1, -0.05) is 32.0 Å². The molecule has 0 bridgehead atoms. The van der Waals surface area contributed by atoms with E-state index < -0.39 is 54.0 Å². The number of carbonyl (C=O) groups is 4. The number of aliphatic carboxylic acids is 1. The van der Waals surface area contributed by atoms with Crippen molar-refractivity contribution in [2.45, 2.75) is 83.1 Å². The highest BCUT2D eigenvalue weighted by atomic mass is 16.4. The van der Waals surface area contributed by atoms with Crippen molar-refractivity contribution >= 4 is 34.6 Å². The number of aromatic amines is 1. The molecule has 0 aliphatic rings. The lowest BCUT2D eigenvalue weighted by molar-refractivity contribution is -0.145. The molecule has 1 heterocycles. The fourth-order valence-corrected chi connectivity index (χ4v) is 4.29. The second-order valence-corrected chi connectivity index (χ2v) is 10.3. The maximum absolute atomic E-state index is 13.3. The van der Waals surface area contributed by atoms with Gasteiger partial charge in [-0.3, -0.25) is 14.4 Å². The molecule has 2 aromatic rings. The Bertz CT molecular complexity index is 1120. The van der Waals surface area contributed by atoms with Gasteiger partial charge in [0.05, 0.1) is 12.1 Å². The standard InChI is InChI=1S/C27H42N6O6/c1-15(2)12-22(26(37)33-23(16(3)34)27(38)39)32-25(36)21(10-6-7-11-28)31-24(35)19(29)13-17-14-30-20-9-5-4-8-18(17)20/h4-5,8-9,14-16,19,21-23,30,34H,6-7,10-13,28-29H2,1-3H3,(H,31,35)(H,32,36)(H,33,37)(H,38,39). The summed E-state index contributed by atoms with van der Waals surface area (Å²) in [6.07, 6.45) is 2.38. The minimum Gasteiger partial charge on any atom is -0.480 e. The van der Waals surface area contributed by atoms with Crippen molar-refractivity contribution in [1.29, 1.82) is 0 Å².